The van der Waals surface area contributed by atoms with Gasteiger partial charge in [-0.1, -0.05) is 158 Å². The third kappa shape index (κ3) is 5.71. The molecule has 0 bridgehead atoms. The molecule has 9 aromatic carbocycles. The zero-order valence-corrected chi connectivity index (χ0v) is 29.7. The van der Waals surface area contributed by atoms with E-state index in [1.165, 1.54) is 60.4 Å². The molecule has 0 saturated heterocycles. The number of aromatic nitrogens is 1. The van der Waals surface area contributed by atoms with Gasteiger partial charge in [0.2, 0.25) is 0 Å². The molecule has 0 spiro atoms. The molecule has 0 fully saturated rings. The lowest BCUT2D eigenvalue weighted by molar-refractivity contribution is 1.18. The SMILES string of the molecule is c1ccc(-c2ccc(-n3c4cc(-c5ccc(-c6ccc7ccccc7c6)cc5)ccc4c4ccc(N(c5ccccc5)c5ccccc5)cc43)cc2)cc1. The Hall–Kier alpha value is -7.16. The van der Waals surface area contributed by atoms with Crippen molar-refractivity contribution >= 4 is 49.6 Å². The number of hydrogen-bond donors (Lipinski definition) is 0. The second-order valence-electron chi connectivity index (χ2n) is 13.8. The minimum absolute atomic E-state index is 1.11. The largest absolute Gasteiger partial charge is 0.310 e. The highest BCUT2D eigenvalue weighted by Gasteiger charge is 2.18. The number of para-hydroxylation sites is 2. The predicted molar refractivity (Wildman–Crippen MR) is 229 cm³/mol. The molecule has 0 aliphatic heterocycles. The van der Waals surface area contributed by atoms with Gasteiger partial charge in [0.15, 0.2) is 0 Å². The summed E-state index contributed by atoms with van der Waals surface area (Å²) < 4.78 is 2.43. The fourth-order valence-electron chi connectivity index (χ4n) is 7.86. The van der Waals surface area contributed by atoms with Gasteiger partial charge in [-0.3, -0.25) is 0 Å². The molecule has 0 saturated carbocycles. The first-order valence-electron chi connectivity index (χ1n) is 18.5. The van der Waals surface area contributed by atoms with E-state index in [4.69, 9.17) is 0 Å². The minimum Gasteiger partial charge on any atom is -0.310 e. The molecular formula is C52H36N2. The van der Waals surface area contributed by atoms with Crippen LogP contribution < -0.4 is 4.90 Å². The van der Waals surface area contributed by atoms with E-state index in [1.807, 2.05) is 0 Å². The smallest absolute Gasteiger partial charge is 0.0561 e. The van der Waals surface area contributed by atoms with E-state index in [0.717, 1.165) is 28.3 Å². The molecule has 1 aromatic heterocycles. The monoisotopic (exact) mass is 688 g/mol. The molecule has 2 heteroatoms. The van der Waals surface area contributed by atoms with Gasteiger partial charge < -0.3 is 9.47 Å². The van der Waals surface area contributed by atoms with E-state index in [1.54, 1.807) is 0 Å². The van der Waals surface area contributed by atoms with Gasteiger partial charge in [0.25, 0.3) is 0 Å². The van der Waals surface area contributed by atoms with E-state index in [-0.39, 0.29) is 0 Å². The maximum atomic E-state index is 2.43. The highest BCUT2D eigenvalue weighted by molar-refractivity contribution is 6.11. The second-order valence-corrected chi connectivity index (χ2v) is 13.8. The fraction of sp³-hybridized carbons (Fsp3) is 0. The van der Waals surface area contributed by atoms with Gasteiger partial charge in [0, 0.05) is 33.5 Å². The Kier molecular flexibility index (Phi) is 7.85. The first kappa shape index (κ1) is 31.6. The summed E-state index contributed by atoms with van der Waals surface area (Å²) in [6, 6.07) is 78.9. The lowest BCUT2D eigenvalue weighted by atomic mass is 9.98. The maximum absolute atomic E-state index is 2.43. The Morgan fingerprint density at radius 1 is 0.278 bits per heavy atom. The van der Waals surface area contributed by atoms with Gasteiger partial charge in [0.1, 0.15) is 0 Å². The van der Waals surface area contributed by atoms with Crippen LogP contribution in [0.3, 0.4) is 0 Å². The van der Waals surface area contributed by atoms with E-state index >= 15 is 0 Å². The van der Waals surface area contributed by atoms with Crippen LogP contribution in [-0.2, 0) is 0 Å². The number of benzene rings is 9. The summed E-state index contributed by atoms with van der Waals surface area (Å²) in [5.41, 5.74) is 14.0. The minimum atomic E-state index is 1.11. The van der Waals surface area contributed by atoms with Gasteiger partial charge in [-0.25, -0.2) is 0 Å². The fourth-order valence-corrected chi connectivity index (χ4v) is 7.86. The summed E-state index contributed by atoms with van der Waals surface area (Å²) in [6.45, 7) is 0. The average molecular weight is 689 g/mol. The van der Waals surface area contributed by atoms with Crippen LogP contribution in [0.15, 0.2) is 218 Å². The van der Waals surface area contributed by atoms with Crippen molar-refractivity contribution in [2.75, 3.05) is 4.90 Å². The van der Waals surface area contributed by atoms with Crippen molar-refractivity contribution in [1.29, 1.82) is 0 Å². The van der Waals surface area contributed by atoms with Crippen LogP contribution in [0.2, 0.25) is 0 Å². The summed E-state index contributed by atoms with van der Waals surface area (Å²) in [5.74, 6) is 0. The van der Waals surface area contributed by atoms with Gasteiger partial charge in [-0.2, -0.15) is 0 Å². The Morgan fingerprint density at radius 3 is 1.37 bits per heavy atom. The molecule has 0 aliphatic rings. The molecule has 10 aromatic rings. The first-order chi connectivity index (χ1) is 26.8. The quantitative estimate of drug-likeness (QED) is 0.162. The third-order valence-corrected chi connectivity index (χ3v) is 10.6. The molecule has 2 nitrogen and oxygen atoms in total. The van der Waals surface area contributed by atoms with Crippen molar-refractivity contribution in [2.24, 2.45) is 0 Å². The molecule has 0 N–H and O–H groups in total. The maximum Gasteiger partial charge on any atom is 0.0561 e. The molecule has 0 aliphatic carbocycles. The Bertz CT molecular complexity index is 2850. The lowest BCUT2D eigenvalue weighted by Gasteiger charge is -2.25. The second kappa shape index (κ2) is 13.4. The molecule has 0 unspecified atom stereocenters. The topological polar surface area (TPSA) is 8.17 Å². The standard InChI is InChI=1S/C52H36N2/c1-4-12-37(13-5-1)39-26-29-47(30-27-39)54-51-35-44(41-22-20-40(21-23-41)43-25-24-38-14-10-11-15-42(38)34-43)28-32-49(51)50-33-31-48(36-52(50)54)53(45-16-6-2-7-17-45)46-18-8-3-9-19-46/h1-36H. The molecule has 0 radical (unpaired) electrons. The Labute approximate surface area is 315 Å². The van der Waals surface area contributed by atoms with Crippen LogP contribution >= 0.6 is 0 Å². The number of fused-ring (bicyclic) bond motifs is 4. The summed E-state index contributed by atoms with van der Waals surface area (Å²) in [7, 11) is 0. The van der Waals surface area contributed by atoms with Crippen LogP contribution in [0.25, 0.3) is 71.6 Å². The Morgan fingerprint density at radius 2 is 0.722 bits per heavy atom. The van der Waals surface area contributed by atoms with Gasteiger partial charge in [-0.05, 0) is 105 Å². The van der Waals surface area contributed by atoms with Crippen molar-refractivity contribution in [3.63, 3.8) is 0 Å². The molecule has 1 heterocycles. The molecular weight excluding hydrogens is 653 g/mol. The molecule has 254 valence electrons. The third-order valence-electron chi connectivity index (χ3n) is 10.6. The summed E-state index contributed by atoms with van der Waals surface area (Å²) in [4.78, 5) is 2.34. The average Bonchev–Trinajstić information content (AvgIpc) is 3.58. The van der Waals surface area contributed by atoms with Crippen LogP contribution in [0.1, 0.15) is 0 Å². The van der Waals surface area contributed by atoms with E-state index < -0.39 is 0 Å². The van der Waals surface area contributed by atoms with Crippen LogP contribution in [0.4, 0.5) is 17.1 Å². The van der Waals surface area contributed by atoms with E-state index in [2.05, 4.69) is 228 Å². The van der Waals surface area contributed by atoms with Gasteiger partial charge in [-0.15, -0.1) is 0 Å². The van der Waals surface area contributed by atoms with Crippen molar-refractivity contribution in [3.8, 4) is 39.1 Å². The van der Waals surface area contributed by atoms with Crippen molar-refractivity contribution in [1.82, 2.24) is 4.57 Å². The van der Waals surface area contributed by atoms with E-state index in [9.17, 15) is 0 Å². The van der Waals surface area contributed by atoms with Crippen molar-refractivity contribution < 1.29 is 0 Å². The summed E-state index contributed by atoms with van der Waals surface area (Å²) in [6.07, 6.45) is 0. The molecule has 0 atom stereocenters. The highest BCUT2D eigenvalue weighted by Crippen LogP contribution is 2.41. The molecule has 54 heavy (non-hydrogen) atoms. The summed E-state index contributed by atoms with van der Waals surface area (Å²) >= 11 is 0. The number of hydrogen-bond acceptors (Lipinski definition) is 1. The first-order valence-corrected chi connectivity index (χ1v) is 18.5. The molecule has 0 amide bonds. The number of nitrogens with zero attached hydrogens (tertiary/aromatic N) is 2. The van der Waals surface area contributed by atoms with Crippen LogP contribution in [-0.4, -0.2) is 4.57 Å². The molecule has 10 rings (SSSR count). The van der Waals surface area contributed by atoms with Crippen molar-refractivity contribution in [3.05, 3.63) is 218 Å². The number of rotatable bonds is 7. The zero-order chi connectivity index (χ0) is 35.8. The summed E-state index contributed by atoms with van der Waals surface area (Å²) in [5, 5.41) is 4.97. The highest BCUT2D eigenvalue weighted by atomic mass is 15.1. The zero-order valence-electron chi connectivity index (χ0n) is 29.7. The van der Waals surface area contributed by atoms with Crippen LogP contribution in [0, 0.1) is 0 Å². The van der Waals surface area contributed by atoms with Crippen LogP contribution in [0.5, 0.6) is 0 Å². The van der Waals surface area contributed by atoms with E-state index in [0.29, 0.717) is 0 Å². The number of anilines is 3. The van der Waals surface area contributed by atoms with Crippen molar-refractivity contribution in [2.45, 2.75) is 0 Å². The Balaban J connectivity index is 1.12. The van der Waals surface area contributed by atoms with Gasteiger partial charge >= 0.3 is 0 Å². The normalized spacial score (nSPS) is 11.3. The van der Waals surface area contributed by atoms with Gasteiger partial charge in [0.05, 0.1) is 11.0 Å². The predicted octanol–water partition coefficient (Wildman–Crippen LogP) is 14.4. The lowest BCUT2D eigenvalue weighted by Crippen LogP contribution is -2.09.